The molecule has 1 aromatic carbocycles. The first-order chi connectivity index (χ1) is 9.87. The number of carbonyl (C=O) groups is 1. The molecule has 1 saturated heterocycles. The van der Waals surface area contributed by atoms with Gasteiger partial charge in [0.1, 0.15) is 11.8 Å². The van der Waals surface area contributed by atoms with E-state index in [1.54, 1.807) is 26.2 Å². The maximum atomic E-state index is 12.7. The van der Waals surface area contributed by atoms with Crippen LogP contribution in [0.5, 0.6) is 5.75 Å². The average Bonchev–Trinajstić information content (AvgIpc) is 2.96. The van der Waals surface area contributed by atoms with Gasteiger partial charge < -0.3 is 9.64 Å². The Bertz CT molecular complexity index is 610. The van der Waals surface area contributed by atoms with Gasteiger partial charge in [0, 0.05) is 20.6 Å². The third-order valence-corrected chi connectivity index (χ3v) is 5.52. The molecule has 0 unspecified atom stereocenters. The van der Waals surface area contributed by atoms with E-state index >= 15 is 0 Å². The molecule has 0 bridgehead atoms. The summed E-state index contributed by atoms with van der Waals surface area (Å²) in [4.78, 5) is 13.8. The average molecular weight is 312 g/mol. The van der Waals surface area contributed by atoms with Gasteiger partial charge in [0.05, 0.1) is 12.0 Å². The van der Waals surface area contributed by atoms with Crippen molar-refractivity contribution < 1.29 is 17.9 Å². The molecule has 1 aliphatic rings. The number of benzene rings is 1. The Hall–Kier alpha value is -1.60. The molecule has 0 saturated carbocycles. The van der Waals surface area contributed by atoms with Gasteiger partial charge >= 0.3 is 0 Å². The highest BCUT2D eigenvalue weighted by atomic mass is 32.2. The van der Waals surface area contributed by atoms with Crippen LogP contribution >= 0.6 is 0 Å². The van der Waals surface area contributed by atoms with Gasteiger partial charge in [-0.05, 0) is 37.1 Å². The molecule has 0 radical (unpaired) electrons. The zero-order valence-corrected chi connectivity index (χ0v) is 13.3. The van der Waals surface area contributed by atoms with Gasteiger partial charge in [-0.15, -0.1) is 0 Å². The molecular formula is C14H20N2O4S. The first-order valence-electron chi connectivity index (χ1n) is 6.75. The molecule has 1 aliphatic heterocycles. The number of rotatable bonds is 4. The fourth-order valence-corrected chi connectivity index (χ4v) is 4.11. The van der Waals surface area contributed by atoms with E-state index < -0.39 is 16.1 Å². The predicted molar refractivity (Wildman–Crippen MR) is 78.6 cm³/mol. The van der Waals surface area contributed by atoms with Gasteiger partial charge in [0.15, 0.2) is 0 Å². The summed E-state index contributed by atoms with van der Waals surface area (Å²) in [5, 5.41) is 0. The van der Waals surface area contributed by atoms with Gasteiger partial charge in [-0.25, -0.2) is 8.42 Å². The van der Waals surface area contributed by atoms with E-state index in [2.05, 4.69) is 0 Å². The van der Waals surface area contributed by atoms with Crippen LogP contribution < -0.4 is 4.74 Å². The number of amides is 1. The molecule has 1 heterocycles. The highest BCUT2D eigenvalue weighted by Gasteiger charge is 2.39. The molecule has 0 aromatic heterocycles. The molecule has 1 fully saturated rings. The number of likely N-dealkylation sites (N-methyl/N-ethyl adjacent to an activating group) is 1. The molecule has 1 amide bonds. The lowest BCUT2D eigenvalue weighted by molar-refractivity contribution is -0.132. The zero-order valence-electron chi connectivity index (χ0n) is 12.4. The second-order valence-corrected chi connectivity index (χ2v) is 7.07. The zero-order chi connectivity index (χ0) is 15.6. The third-order valence-electron chi connectivity index (χ3n) is 3.60. The molecule has 2 rings (SSSR count). The highest BCUT2D eigenvalue weighted by molar-refractivity contribution is 7.89. The molecule has 0 N–H and O–H groups in total. The van der Waals surface area contributed by atoms with Crippen LogP contribution in [-0.4, -0.2) is 57.3 Å². The van der Waals surface area contributed by atoms with Gasteiger partial charge in [-0.1, -0.05) is 0 Å². The Morgan fingerprint density at radius 2 is 1.90 bits per heavy atom. The van der Waals surface area contributed by atoms with Gasteiger partial charge in [-0.2, -0.15) is 4.31 Å². The molecule has 1 atom stereocenters. The van der Waals surface area contributed by atoms with Crippen molar-refractivity contribution in [2.75, 3.05) is 27.7 Å². The summed E-state index contributed by atoms with van der Waals surface area (Å²) >= 11 is 0. The fraction of sp³-hybridized carbons (Fsp3) is 0.500. The van der Waals surface area contributed by atoms with Crippen LogP contribution in [-0.2, 0) is 14.8 Å². The number of hydrogen-bond acceptors (Lipinski definition) is 4. The van der Waals surface area contributed by atoms with Crippen molar-refractivity contribution in [1.82, 2.24) is 9.21 Å². The first kappa shape index (κ1) is 15.8. The standard InChI is InChI=1S/C14H20N2O4S/c1-15(2)14(17)13-5-4-10-16(13)21(18,19)12-8-6-11(20-3)7-9-12/h6-9,13H,4-5,10H2,1-3H3/t13-/m0/s1. The third kappa shape index (κ3) is 3.03. The Kier molecular flexibility index (Phi) is 4.53. The lowest BCUT2D eigenvalue weighted by atomic mass is 10.2. The van der Waals surface area contributed by atoms with Crippen LogP contribution in [0.2, 0.25) is 0 Å². The van der Waals surface area contributed by atoms with E-state index in [9.17, 15) is 13.2 Å². The van der Waals surface area contributed by atoms with Crippen molar-refractivity contribution in [3.8, 4) is 5.75 Å². The van der Waals surface area contributed by atoms with Crippen LogP contribution in [0, 0.1) is 0 Å². The molecular weight excluding hydrogens is 292 g/mol. The topological polar surface area (TPSA) is 66.9 Å². The number of hydrogen-bond donors (Lipinski definition) is 0. The maximum absolute atomic E-state index is 12.7. The normalized spacial score (nSPS) is 19.5. The monoisotopic (exact) mass is 312 g/mol. The van der Waals surface area contributed by atoms with Crippen LogP contribution in [0.1, 0.15) is 12.8 Å². The van der Waals surface area contributed by atoms with E-state index in [-0.39, 0.29) is 10.8 Å². The maximum Gasteiger partial charge on any atom is 0.243 e. The van der Waals surface area contributed by atoms with Crippen molar-refractivity contribution in [3.63, 3.8) is 0 Å². The largest absolute Gasteiger partial charge is 0.497 e. The smallest absolute Gasteiger partial charge is 0.243 e. The van der Waals surface area contributed by atoms with Gasteiger partial charge in [0.2, 0.25) is 15.9 Å². The minimum absolute atomic E-state index is 0.176. The SMILES string of the molecule is COc1ccc(S(=O)(=O)N2CCC[C@H]2C(=O)N(C)C)cc1. The lowest BCUT2D eigenvalue weighted by Gasteiger charge is -2.25. The molecule has 0 aliphatic carbocycles. The molecule has 6 nitrogen and oxygen atoms in total. The molecule has 7 heteroatoms. The fourth-order valence-electron chi connectivity index (χ4n) is 2.46. The minimum Gasteiger partial charge on any atom is -0.497 e. The highest BCUT2D eigenvalue weighted by Crippen LogP contribution is 2.27. The van der Waals surface area contributed by atoms with E-state index in [0.717, 1.165) is 0 Å². The number of nitrogens with zero attached hydrogens (tertiary/aromatic N) is 2. The summed E-state index contributed by atoms with van der Waals surface area (Å²) < 4.78 is 31.7. The van der Waals surface area contributed by atoms with Crippen molar-refractivity contribution >= 4 is 15.9 Å². The van der Waals surface area contributed by atoms with E-state index in [4.69, 9.17) is 4.74 Å². The van der Waals surface area contributed by atoms with Gasteiger partial charge in [0.25, 0.3) is 0 Å². The number of methoxy groups -OCH3 is 1. The summed E-state index contributed by atoms with van der Waals surface area (Å²) in [5.74, 6) is 0.417. The van der Waals surface area contributed by atoms with Crippen molar-refractivity contribution in [1.29, 1.82) is 0 Å². The lowest BCUT2D eigenvalue weighted by Crippen LogP contribution is -2.45. The van der Waals surface area contributed by atoms with Crippen molar-refractivity contribution in [2.24, 2.45) is 0 Å². The number of carbonyl (C=O) groups excluding carboxylic acids is 1. The molecule has 116 valence electrons. The second kappa shape index (κ2) is 6.03. The number of sulfonamides is 1. The molecule has 1 aromatic rings. The summed E-state index contributed by atoms with van der Waals surface area (Å²) in [6.07, 6.45) is 1.26. The van der Waals surface area contributed by atoms with Crippen LogP contribution in [0.25, 0.3) is 0 Å². The van der Waals surface area contributed by atoms with E-state index in [1.807, 2.05) is 0 Å². The van der Waals surface area contributed by atoms with Crippen molar-refractivity contribution in [3.05, 3.63) is 24.3 Å². The van der Waals surface area contributed by atoms with Gasteiger partial charge in [-0.3, -0.25) is 4.79 Å². The Labute approximate surface area is 125 Å². The molecule has 21 heavy (non-hydrogen) atoms. The van der Waals surface area contributed by atoms with Crippen molar-refractivity contribution in [2.45, 2.75) is 23.8 Å². The number of ether oxygens (including phenoxy) is 1. The summed E-state index contributed by atoms with van der Waals surface area (Å²) in [6.45, 7) is 0.374. The summed E-state index contributed by atoms with van der Waals surface area (Å²) in [6, 6.07) is 5.61. The molecule has 0 spiro atoms. The van der Waals surface area contributed by atoms with Crippen LogP contribution in [0.15, 0.2) is 29.2 Å². The second-order valence-electron chi connectivity index (χ2n) is 5.18. The first-order valence-corrected chi connectivity index (χ1v) is 8.19. The quantitative estimate of drug-likeness (QED) is 0.830. The van der Waals surface area contributed by atoms with Crippen LogP contribution in [0.4, 0.5) is 0 Å². The minimum atomic E-state index is -3.66. The Morgan fingerprint density at radius 1 is 1.29 bits per heavy atom. The Balaban J connectivity index is 2.31. The Morgan fingerprint density at radius 3 is 2.43 bits per heavy atom. The summed E-state index contributed by atoms with van der Waals surface area (Å²) in [7, 11) is 1.14. The van der Waals surface area contributed by atoms with E-state index in [0.29, 0.717) is 25.1 Å². The predicted octanol–water partition coefficient (Wildman–Crippen LogP) is 0.936. The van der Waals surface area contributed by atoms with Crippen LogP contribution in [0.3, 0.4) is 0 Å². The summed E-state index contributed by atoms with van der Waals surface area (Å²) in [5.41, 5.74) is 0. The van der Waals surface area contributed by atoms with E-state index in [1.165, 1.54) is 28.4 Å².